The third-order valence-corrected chi connectivity index (χ3v) is 13.8. The van der Waals surface area contributed by atoms with Crippen molar-refractivity contribution in [3.8, 4) is 19.5 Å². The maximum Gasteiger partial charge on any atom is 0.348 e. The fraction of sp³-hybridized carbons (Fsp3) is 0.571. The predicted molar refractivity (Wildman–Crippen MR) is 249 cm³/mol. The molecule has 0 radical (unpaired) electrons. The second-order valence-corrected chi connectivity index (χ2v) is 20.1. The molecule has 0 aromatic carbocycles. The Bertz CT molecular complexity index is 1660. The van der Waals surface area contributed by atoms with Gasteiger partial charge in [0.2, 0.25) is 0 Å². The molecule has 0 saturated carbocycles. The highest BCUT2D eigenvalue weighted by atomic mass is 79.9. The quantitative estimate of drug-likeness (QED) is 0.0314. The molecule has 0 spiro atoms. The van der Waals surface area contributed by atoms with Crippen LogP contribution in [0.5, 0.6) is 0 Å². The average Bonchev–Trinajstić information content (AvgIpc) is 4.11. The Hall–Kier alpha value is -1.70. The number of halogens is 2. The predicted octanol–water partition coefficient (Wildman–Crippen LogP) is 8.75. The fourth-order valence-electron chi connectivity index (χ4n) is 4.94. The van der Waals surface area contributed by atoms with Gasteiger partial charge in [-0.15, -0.1) is 45.3 Å². The molecule has 4 aromatic rings. The van der Waals surface area contributed by atoms with Crippen LogP contribution in [0, 0.1) is 0 Å². The zero-order chi connectivity index (χ0) is 44.0. The highest BCUT2D eigenvalue weighted by Crippen LogP contribution is 2.37. The van der Waals surface area contributed by atoms with E-state index in [-0.39, 0.29) is 37.4 Å². The average molecular weight is 1070 g/mol. The van der Waals surface area contributed by atoms with Crippen molar-refractivity contribution in [2.75, 3.05) is 132 Å². The van der Waals surface area contributed by atoms with Crippen molar-refractivity contribution in [2.45, 2.75) is 26.1 Å². The first kappa shape index (κ1) is 52.9. The molecule has 4 aromatic heterocycles. The first-order valence-corrected chi connectivity index (χ1v) is 25.0. The summed E-state index contributed by atoms with van der Waals surface area (Å²) in [4.78, 5) is 30.2. The van der Waals surface area contributed by atoms with Crippen LogP contribution in [-0.4, -0.2) is 156 Å². The molecule has 346 valence electrons. The molecule has 0 bridgehead atoms. The van der Waals surface area contributed by atoms with Crippen LogP contribution in [0.25, 0.3) is 19.5 Å². The van der Waals surface area contributed by atoms with Crippen molar-refractivity contribution in [3.05, 3.63) is 65.9 Å². The van der Waals surface area contributed by atoms with Crippen LogP contribution in [0.3, 0.4) is 0 Å². The summed E-state index contributed by atoms with van der Waals surface area (Å²) in [5.41, 5.74) is 0. The van der Waals surface area contributed by atoms with Gasteiger partial charge in [-0.05, 0) is 94.2 Å². The lowest BCUT2D eigenvalue weighted by Crippen LogP contribution is -2.21. The normalized spacial score (nSPS) is 12.5. The Kier molecular flexibility index (Phi) is 28.1. The molecule has 0 N–H and O–H groups in total. The van der Waals surface area contributed by atoms with Gasteiger partial charge in [-0.3, -0.25) is 0 Å². The van der Waals surface area contributed by atoms with Crippen LogP contribution >= 0.6 is 77.2 Å². The van der Waals surface area contributed by atoms with Gasteiger partial charge in [0, 0.05) is 19.5 Å². The number of hydrogen-bond acceptors (Lipinski definition) is 18. The lowest BCUT2D eigenvalue weighted by atomic mass is 10.3. The van der Waals surface area contributed by atoms with Gasteiger partial charge in [0.15, 0.2) is 0 Å². The summed E-state index contributed by atoms with van der Waals surface area (Å²) in [6.07, 6.45) is -0.489. The molecule has 0 amide bonds. The Labute approximate surface area is 396 Å². The minimum atomic E-state index is -0.349. The zero-order valence-electron chi connectivity index (χ0n) is 35.0. The zero-order valence-corrected chi connectivity index (χ0v) is 41.5. The van der Waals surface area contributed by atoms with E-state index in [1.165, 1.54) is 22.7 Å². The minimum Gasteiger partial charge on any atom is -0.459 e. The molecule has 62 heavy (non-hydrogen) atoms. The van der Waals surface area contributed by atoms with Crippen LogP contribution < -0.4 is 0 Å². The van der Waals surface area contributed by atoms with E-state index in [0.717, 1.165) is 27.1 Å². The summed E-state index contributed by atoms with van der Waals surface area (Å²) in [7, 11) is 0. The van der Waals surface area contributed by atoms with Gasteiger partial charge < -0.3 is 56.8 Å². The van der Waals surface area contributed by atoms with Gasteiger partial charge in [0.1, 0.15) is 23.0 Å². The molecule has 0 saturated heterocycles. The number of esters is 2. The van der Waals surface area contributed by atoms with E-state index < -0.39 is 0 Å². The van der Waals surface area contributed by atoms with E-state index in [4.69, 9.17) is 56.8 Å². The van der Waals surface area contributed by atoms with Crippen LogP contribution in [-0.2, 0) is 56.8 Å². The molecule has 0 aliphatic heterocycles. The lowest BCUT2D eigenvalue weighted by Gasteiger charge is -2.13. The summed E-state index contributed by atoms with van der Waals surface area (Å²) in [5, 5.41) is 0. The Morgan fingerprint density at radius 2 is 0.661 bits per heavy atom. The summed E-state index contributed by atoms with van der Waals surface area (Å²) in [6, 6.07) is 15.5. The number of carbonyl (C=O) groups is 2. The first-order valence-electron chi connectivity index (χ1n) is 20.2. The molecule has 20 heteroatoms. The second-order valence-electron chi connectivity index (χ2n) is 13.0. The Morgan fingerprint density at radius 3 is 0.935 bits per heavy atom. The van der Waals surface area contributed by atoms with Crippen LogP contribution in [0.1, 0.15) is 33.2 Å². The van der Waals surface area contributed by atoms with Gasteiger partial charge in [-0.1, -0.05) is 0 Å². The van der Waals surface area contributed by atoms with Gasteiger partial charge in [0.25, 0.3) is 0 Å². The molecule has 0 aliphatic carbocycles. The van der Waals surface area contributed by atoms with Crippen molar-refractivity contribution in [1.29, 1.82) is 0 Å². The molecule has 2 atom stereocenters. The smallest absolute Gasteiger partial charge is 0.348 e. The largest absolute Gasteiger partial charge is 0.459 e. The van der Waals surface area contributed by atoms with E-state index in [0.29, 0.717) is 129 Å². The van der Waals surface area contributed by atoms with E-state index >= 15 is 0 Å². The monoisotopic (exact) mass is 1070 g/mol. The van der Waals surface area contributed by atoms with Crippen molar-refractivity contribution in [3.63, 3.8) is 0 Å². The highest BCUT2D eigenvalue weighted by molar-refractivity contribution is 9.11. The van der Waals surface area contributed by atoms with Gasteiger partial charge in [0.05, 0.1) is 139 Å². The maximum absolute atomic E-state index is 12.4. The molecule has 14 nitrogen and oxygen atoms in total. The second kappa shape index (κ2) is 32.9. The van der Waals surface area contributed by atoms with Gasteiger partial charge in [-0.25, -0.2) is 9.59 Å². The molecular weight excluding hydrogens is 1020 g/mol. The summed E-state index contributed by atoms with van der Waals surface area (Å²) in [6.45, 7) is 12.2. The Balaban J connectivity index is 0.792. The summed E-state index contributed by atoms with van der Waals surface area (Å²) in [5.74, 6) is -0.698. The van der Waals surface area contributed by atoms with Crippen molar-refractivity contribution < 1.29 is 66.4 Å². The third-order valence-electron chi connectivity index (χ3n) is 8.01. The van der Waals surface area contributed by atoms with Crippen LogP contribution in [0.4, 0.5) is 0 Å². The highest BCUT2D eigenvalue weighted by Gasteiger charge is 2.16. The third kappa shape index (κ3) is 23.0. The van der Waals surface area contributed by atoms with Crippen LogP contribution in [0.2, 0.25) is 0 Å². The fourth-order valence-corrected chi connectivity index (χ4v) is 9.69. The number of ether oxygens (including phenoxy) is 12. The molecule has 4 rings (SSSR count). The Morgan fingerprint density at radius 1 is 0.403 bits per heavy atom. The topological polar surface area (TPSA) is 145 Å². The van der Waals surface area contributed by atoms with Crippen LogP contribution in [0.15, 0.2) is 56.1 Å². The van der Waals surface area contributed by atoms with Crippen molar-refractivity contribution >= 4 is 89.1 Å². The lowest BCUT2D eigenvalue weighted by molar-refractivity contribution is -0.0378. The molecular formula is C42H56Br2O14S4. The molecule has 0 unspecified atom stereocenters. The van der Waals surface area contributed by atoms with Gasteiger partial charge >= 0.3 is 11.9 Å². The molecule has 4 heterocycles. The number of carbonyl (C=O) groups excluding carboxylic acids is 2. The standard InChI is InChI=1S/C42H56Br2O14S4/c1-31(29-57-41(45)37-5-3-33(59-37)35-7-9-39(43)61-35)55-27-25-53-23-21-51-19-17-49-15-13-47-11-12-48-14-16-50-18-20-52-22-24-54-26-28-56-32(2)30-58-42(46)38-6-4-34(60-38)36-8-10-40(44)62-36/h3-10,31-32H,11-30H2,1-2H3/t31-,32-/m0/s1. The summed E-state index contributed by atoms with van der Waals surface area (Å²) < 4.78 is 68.5. The molecule has 0 aliphatic rings. The SMILES string of the molecule is C[C@@H](COC(=O)c1ccc(-c2ccc(Br)s2)s1)OCCOCCOCCOCCOCCOCCOCCOCCOCCO[C@@H](C)COC(=O)c1ccc(-c2ccc(Br)s2)s1. The number of rotatable bonds is 37. The maximum atomic E-state index is 12.4. The minimum absolute atomic E-state index is 0.170. The van der Waals surface area contributed by atoms with Crippen molar-refractivity contribution in [1.82, 2.24) is 0 Å². The summed E-state index contributed by atoms with van der Waals surface area (Å²) >= 11 is 13.0. The van der Waals surface area contributed by atoms with E-state index in [2.05, 4.69) is 31.9 Å². The number of hydrogen-bond donors (Lipinski definition) is 0. The first-order chi connectivity index (χ1) is 30.3. The number of thiophene rings is 4. The molecule has 0 fully saturated rings. The van der Waals surface area contributed by atoms with Crippen molar-refractivity contribution in [2.24, 2.45) is 0 Å². The van der Waals surface area contributed by atoms with E-state index in [9.17, 15) is 9.59 Å². The van der Waals surface area contributed by atoms with E-state index in [1.807, 2.05) is 50.2 Å². The van der Waals surface area contributed by atoms with E-state index in [1.54, 1.807) is 34.8 Å². The van der Waals surface area contributed by atoms with Gasteiger partial charge in [-0.2, -0.15) is 0 Å².